The van der Waals surface area contributed by atoms with Crippen molar-refractivity contribution in [3.63, 3.8) is 0 Å². The Balaban J connectivity index is 2.95. The van der Waals surface area contributed by atoms with Gasteiger partial charge in [0.1, 0.15) is 18.1 Å². The summed E-state index contributed by atoms with van der Waals surface area (Å²) in [4.78, 5) is 83.3. The van der Waals surface area contributed by atoms with Gasteiger partial charge in [0, 0.05) is 13.0 Å². The molecule has 0 spiro atoms. The van der Waals surface area contributed by atoms with E-state index in [0.29, 0.717) is 6.42 Å². The average Bonchev–Trinajstić information content (AvgIpc) is 3.18. The summed E-state index contributed by atoms with van der Waals surface area (Å²) in [5, 5.41) is 22.8. The number of aliphatic carboxylic acids is 2. The maximum atomic E-state index is 13.0. The zero-order valence-electron chi connectivity index (χ0n) is 17.7. The summed E-state index contributed by atoms with van der Waals surface area (Å²) in [5.74, 6) is -7.14. The zero-order valence-corrected chi connectivity index (χ0v) is 17.7. The standard InChI is InChI=1S/C18H28N6O9/c19-8(6-13(21)26)15(29)23-10(7-14(27)28)17(31)24-5-1-2-11(24)16(30)22-9(18(32)33)3-4-12(20)25/h8-11H,1-7,19H2,(H2,20,25)(H2,21,26)(H,22,30)(H,23,29)(H,27,28)(H,32,33). The molecule has 1 aliphatic heterocycles. The number of nitrogens with one attached hydrogen (secondary N) is 2. The summed E-state index contributed by atoms with van der Waals surface area (Å²) >= 11 is 0. The number of nitrogens with zero attached hydrogens (tertiary/aromatic N) is 1. The predicted octanol–water partition coefficient (Wildman–Crippen LogP) is -4.03. The van der Waals surface area contributed by atoms with Crippen LogP contribution in [-0.4, -0.2) is 87.3 Å². The van der Waals surface area contributed by atoms with E-state index >= 15 is 0 Å². The molecule has 1 saturated heterocycles. The maximum Gasteiger partial charge on any atom is 0.326 e. The van der Waals surface area contributed by atoms with Crippen LogP contribution in [0.25, 0.3) is 0 Å². The lowest BCUT2D eigenvalue weighted by atomic mass is 10.1. The normalized spacial score (nSPS) is 18.0. The van der Waals surface area contributed by atoms with Crippen LogP contribution in [0, 0.1) is 0 Å². The van der Waals surface area contributed by atoms with Crippen molar-refractivity contribution in [2.45, 2.75) is 62.7 Å². The number of hydrogen-bond acceptors (Lipinski definition) is 8. The first-order valence-electron chi connectivity index (χ1n) is 10.0. The van der Waals surface area contributed by atoms with Gasteiger partial charge in [0.25, 0.3) is 0 Å². The van der Waals surface area contributed by atoms with Gasteiger partial charge in [-0.3, -0.25) is 28.8 Å². The molecular weight excluding hydrogens is 444 g/mol. The minimum absolute atomic E-state index is 0.0509. The second-order valence-electron chi connectivity index (χ2n) is 7.53. The number of amides is 5. The lowest BCUT2D eigenvalue weighted by Crippen LogP contribution is -2.57. The van der Waals surface area contributed by atoms with E-state index in [1.165, 1.54) is 0 Å². The number of carboxylic acid groups (broad SMARTS) is 2. The van der Waals surface area contributed by atoms with Crippen LogP contribution in [0.5, 0.6) is 0 Å². The third-order valence-corrected chi connectivity index (χ3v) is 4.88. The Bertz CT molecular complexity index is 817. The number of carbonyl (C=O) groups excluding carboxylic acids is 5. The summed E-state index contributed by atoms with van der Waals surface area (Å²) in [7, 11) is 0. The number of primary amides is 2. The van der Waals surface area contributed by atoms with Gasteiger partial charge in [0.2, 0.25) is 29.5 Å². The highest BCUT2D eigenvalue weighted by molar-refractivity contribution is 5.96. The first kappa shape index (κ1) is 27.3. The molecule has 184 valence electrons. The Morgan fingerprint density at radius 2 is 1.58 bits per heavy atom. The van der Waals surface area contributed by atoms with Crippen LogP contribution in [0.3, 0.4) is 0 Å². The molecule has 1 aliphatic rings. The molecule has 33 heavy (non-hydrogen) atoms. The molecule has 15 heteroatoms. The summed E-state index contributed by atoms with van der Waals surface area (Å²) < 4.78 is 0. The van der Waals surface area contributed by atoms with Crippen molar-refractivity contribution in [1.82, 2.24) is 15.5 Å². The van der Waals surface area contributed by atoms with E-state index < -0.39 is 78.5 Å². The zero-order chi connectivity index (χ0) is 25.3. The van der Waals surface area contributed by atoms with Crippen molar-refractivity contribution >= 4 is 41.5 Å². The Morgan fingerprint density at radius 1 is 0.939 bits per heavy atom. The number of likely N-dealkylation sites (tertiary alicyclic amines) is 1. The minimum Gasteiger partial charge on any atom is -0.481 e. The van der Waals surface area contributed by atoms with Crippen molar-refractivity contribution in [2.75, 3.05) is 6.54 Å². The van der Waals surface area contributed by atoms with Gasteiger partial charge in [0.15, 0.2) is 0 Å². The number of carbonyl (C=O) groups is 7. The predicted molar refractivity (Wildman–Crippen MR) is 109 cm³/mol. The third-order valence-electron chi connectivity index (χ3n) is 4.88. The van der Waals surface area contributed by atoms with Gasteiger partial charge < -0.3 is 42.9 Å². The molecule has 0 aromatic heterocycles. The first-order chi connectivity index (χ1) is 15.3. The average molecular weight is 472 g/mol. The lowest BCUT2D eigenvalue weighted by Gasteiger charge is -2.29. The molecule has 4 unspecified atom stereocenters. The highest BCUT2D eigenvalue weighted by Gasteiger charge is 2.39. The summed E-state index contributed by atoms with van der Waals surface area (Å²) in [6.07, 6.45) is -1.38. The third kappa shape index (κ3) is 8.72. The molecule has 0 radical (unpaired) electrons. The number of hydrogen-bond donors (Lipinski definition) is 7. The molecule has 0 aromatic carbocycles. The van der Waals surface area contributed by atoms with Gasteiger partial charge in [-0.05, 0) is 19.3 Å². The van der Waals surface area contributed by atoms with E-state index in [4.69, 9.17) is 22.3 Å². The van der Waals surface area contributed by atoms with Gasteiger partial charge in [-0.2, -0.15) is 0 Å². The fourth-order valence-corrected chi connectivity index (χ4v) is 3.28. The molecule has 4 atom stereocenters. The topological polar surface area (TPSA) is 265 Å². The van der Waals surface area contributed by atoms with E-state index in [9.17, 15) is 38.7 Å². The molecular formula is C18H28N6O9. The second kappa shape index (κ2) is 12.3. The molecule has 10 N–H and O–H groups in total. The van der Waals surface area contributed by atoms with E-state index in [0.717, 1.165) is 4.90 Å². The minimum atomic E-state index is -1.59. The summed E-state index contributed by atoms with van der Waals surface area (Å²) in [6, 6.07) is -5.55. The molecule has 0 aromatic rings. The molecule has 1 fully saturated rings. The van der Waals surface area contributed by atoms with Crippen molar-refractivity contribution in [1.29, 1.82) is 0 Å². The molecule has 0 aliphatic carbocycles. The van der Waals surface area contributed by atoms with Crippen molar-refractivity contribution in [2.24, 2.45) is 17.2 Å². The summed E-state index contributed by atoms with van der Waals surface area (Å²) in [6.45, 7) is 0.0509. The highest BCUT2D eigenvalue weighted by atomic mass is 16.4. The van der Waals surface area contributed by atoms with Crippen LogP contribution in [0.1, 0.15) is 38.5 Å². The van der Waals surface area contributed by atoms with Crippen molar-refractivity contribution < 1.29 is 43.8 Å². The van der Waals surface area contributed by atoms with Crippen LogP contribution in [0.4, 0.5) is 0 Å². The molecule has 5 amide bonds. The van der Waals surface area contributed by atoms with Crippen LogP contribution in [0.15, 0.2) is 0 Å². The fourth-order valence-electron chi connectivity index (χ4n) is 3.28. The van der Waals surface area contributed by atoms with Crippen molar-refractivity contribution in [3.8, 4) is 0 Å². The van der Waals surface area contributed by atoms with Gasteiger partial charge in [-0.1, -0.05) is 0 Å². The second-order valence-corrected chi connectivity index (χ2v) is 7.53. The van der Waals surface area contributed by atoms with Crippen LogP contribution in [-0.2, 0) is 33.6 Å². The monoisotopic (exact) mass is 472 g/mol. The summed E-state index contributed by atoms with van der Waals surface area (Å²) in [5.41, 5.74) is 15.5. The maximum absolute atomic E-state index is 13.0. The number of carboxylic acids is 2. The Morgan fingerprint density at radius 3 is 2.09 bits per heavy atom. The highest BCUT2D eigenvalue weighted by Crippen LogP contribution is 2.20. The van der Waals surface area contributed by atoms with E-state index in [2.05, 4.69) is 10.6 Å². The van der Waals surface area contributed by atoms with Gasteiger partial charge in [0.05, 0.1) is 18.9 Å². The first-order valence-corrected chi connectivity index (χ1v) is 10.0. The number of nitrogens with two attached hydrogens (primary N) is 3. The fraction of sp³-hybridized carbons (Fsp3) is 0.611. The quantitative estimate of drug-likeness (QED) is 0.136. The van der Waals surface area contributed by atoms with Crippen LogP contribution in [0.2, 0.25) is 0 Å². The van der Waals surface area contributed by atoms with Crippen molar-refractivity contribution in [3.05, 3.63) is 0 Å². The Hall–Kier alpha value is -3.75. The van der Waals surface area contributed by atoms with Gasteiger partial charge in [-0.25, -0.2) is 4.79 Å². The molecule has 15 nitrogen and oxygen atoms in total. The van der Waals surface area contributed by atoms with Gasteiger partial charge in [-0.15, -0.1) is 0 Å². The SMILES string of the molecule is NC(=O)CCC(NC(=O)C1CCCN1C(=O)C(CC(=O)O)NC(=O)C(N)CC(N)=O)C(=O)O. The molecule has 1 heterocycles. The van der Waals surface area contributed by atoms with Gasteiger partial charge >= 0.3 is 11.9 Å². The van der Waals surface area contributed by atoms with E-state index in [1.807, 2.05) is 0 Å². The van der Waals surface area contributed by atoms with E-state index in [-0.39, 0.29) is 25.8 Å². The Labute approximate surface area is 188 Å². The lowest BCUT2D eigenvalue weighted by molar-refractivity contribution is -0.147. The smallest absolute Gasteiger partial charge is 0.326 e. The Kier molecular flexibility index (Phi) is 10.2. The molecule has 0 bridgehead atoms. The molecule has 1 rings (SSSR count). The van der Waals surface area contributed by atoms with Crippen LogP contribution >= 0.6 is 0 Å². The number of rotatable bonds is 13. The van der Waals surface area contributed by atoms with Crippen LogP contribution < -0.4 is 27.8 Å². The largest absolute Gasteiger partial charge is 0.481 e. The van der Waals surface area contributed by atoms with E-state index in [1.54, 1.807) is 0 Å². The molecule has 0 saturated carbocycles.